The number of anilines is 7. The fourth-order valence-corrected chi connectivity index (χ4v) is 2.32. The fraction of sp³-hybridized carbons (Fsp3) is 0. The Balaban J connectivity index is 2.69. The molecule has 2 aromatic carbocycles. The molecule has 0 aliphatic rings. The van der Waals surface area contributed by atoms with E-state index in [1.807, 2.05) is 0 Å². The summed E-state index contributed by atoms with van der Waals surface area (Å²) in [4.78, 5) is 0. The molecular formula is C12H15N7O. The van der Waals surface area contributed by atoms with E-state index in [2.05, 4.69) is 0 Å². The van der Waals surface area contributed by atoms with Crippen LogP contribution in [0.15, 0.2) is 10.5 Å². The number of benzene rings is 2. The van der Waals surface area contributed by atoms with Crippen molar-refractivity contribution in [2.45, 2.75) is 0 Å². The largest absolute Gasteiger partial charge is 0.454 e. The molecule has 8 nitrogen and oxygen atoms in total. The predicted molar refractivity (Wildman–Crippen MR) is 84.6 cm³/mol. The molecule has 0 fully saturated rings. The van der Waals surface area contributed by atoms with Crippen LogP contribution in [0.4, 0.5) is 39.8 Å². The molecule has 0 aliphatic carbocycles. The average molecular weight is 273 g/mol. The highest BCUT2D eigenvalue weighted by atomic mass is 16.3. The molecule has 14 N–H and O–H groups in total. The zero-order chi connectivity index (χ0) is 14.8. The van der Waals surface area contributed by atoms with Crippen molar-refractivity contribution in [1.82, 2.24) is 0 Å². The maximum Gasteiger partial charge on any atom is 0.162 e. The maximum atomic E-state index is 6.01. The lowest BCUT2D eigenvalue weighted by Crippen LogP contribution is -2.05. The van der Waals surface area contributed by atoms with Crippen molar-refractivity contribution in [2.24, 2.45) is 0 Å². The number of furan rings is 1. The normalized spacial score (nSPS) is 11.4. The second-order valence-corrected chi connectivity index (χ2v) is 4.63. The van der Waals surface area contributed by atoms with Gasteiger partial charge in [-0.3, -0.25) is 0 Å². The number of hydrogen-bond donors (Lipinski definition) is 7. The zero-order valence-corrected chi connectivity index (χ0v) is 10.5. The monoisotopic (exact) mass is 273 g/mol. The zero-order valence-electron chi connectivity index (χ0n) is 10.5. The Kier molecular flexibility index (Phi) is 2.05. The SMILES string of the molecule is Nc1cc2oc3c(N)c(N)c(N)c(N)c3c2c(N)c1N. The smallest absolute Gasteiger partial charge is 0.162 e. The molecule has 0 saturated heterocycles. The molecule has 8 heteroatoms. The summed E-state index contributed by atoms with van der Waals surface area (Å²) in [5.74, 6) is 0. The Morgan fingerprint density at radius 2 is 1.15 bits per heavy atom. The molecule has 3 aromatic rings. The summed E-state index contributed by atoms with van der Waals surface area (Å²) in [7, 11) is 0. The lowest BCUT2D eigenvalue weighted by atomic mass is 10.0. The van der Waals surface area contributed by atoms with Gasteiger partial charge in [-0.05, 0) is 0 Å². The molecular weight excluding hydrogens is 258 g/mol. The van der Waals surface area contributed by atoms with E-state index in [1.54, 1.807) is 6.07 Å². The van der Waals surface area contributed by atoms with Crippen LogP contribution in [0.25, 0.3) is 21.9 Å². The van der Waals surface area contributed by atoms with Crippen LogP contribution < -0.4 is 40.1 Å². The summed E-state index contributed by atoms with van der Waals surface area (Å²) in [6.45, 7) is 0. The molecule has 3 rings (SSSR count). The lowest BCUT2D eigenvalue weighted by molar-refractivity contribution is 0.671. The van der Waals surface area contributed by atoms with Crippen molar-refractivity contribution in [3.8, 4) is 0 Å². The van der Waals surface area contributed by atoms with Gasteiger partial charge in [0.25, 0.3) is 0 Å². The first-order valence-corrected chi connectivity index (χ1v) is 5.76. The second-order valence-electron chi connectivity index (χ2n) is 4.63. The summed E-state index contributed by atoms with van der Waals surface area (Å²) < 4.78 is 5.66. The molecule has 0 bridgehead atoms. The minimum absolute atomic E-state index is 0.175. The molecule has 0 saturated carbocycles. The van der Waals surface area contributed by atoms with Crippen LogP contribution in [-0.2, 0) is 0 Å². The van der Waals surface area contributed by atoms with Gasteiger partial charge in [-0.25, -0.2) is 0 Å². The standard InChI is InChI=1S/C12H15N7O/c13-2-1-3-4(7(15)6(2)14)5-8(16)9(17)10(18)11(19)12(5)20-3/h1H,13-19H2. The highest BCUT2D eigenvalue weighted by Gasteiger charge is 2.21. The Hall–Kier alpha value is -3.16. The van der Waals surface area contributed by atoms with Crippen LogP contribution in [-0.4, -0.2) is 0 Å². The second kappa shape index (κ2) is 3.44. The highest BCUT2D eigenvalue weighted by Crippen LogP contribution is 2.47. The molecule has 0 aliphatic heterocycles. The van der Waals surface area contributed by atoms with Crippen LogP contribution in [0.2, 0.25) is 0 Å². The summed E-state index contributed by atoms with van der Waals surface area (Å²) in [6.07, 6.45) is 0. The number of hydrogen-bond acceptors (Lipinski definition) is 8. The third-order valence-corrected chi connectivity index (χ3v) is 3.48. The summed E-state index contributed by atoms with van der Waals surface area (Å²) >= 11 is 0. The fourth-order valence-electron chi connectivity index (χ4n) is 2.32. The number of nitrogens with two attached hydrogens (primary N) is 7. The van der Waals surface area contributed by atoms with Crippen molar-refractivity contribution in [3.05, 3.63) is 6.07 Å². The van der Waals surface area contributed by atoms with Crippen molar-refractivity contribution < 1.29 is 4.42 Å². The molecule has 0 unspecified atom stereocenters. The first-order valence-electron chi connectivity index (χ1n) is 5.76. The van der Waals surface area contributed by atoms with Gasteiger partial charge in [0.15, 0.2) is 5.58 Å². The van der Waals surface area contributed by atoms with E-state index in [1.165, 1.54) is 0 Å². The van der Waals surface area contributed by atoms with Gasteiger partial charge in [-0.1, -0.05) is 0 Å². The van der Waals surface area contributed by atoms with Gasteiger partial charge >= 0.3 is 0 Å². The Morgan fingerprint density at radius 3 is 1.80 bits per heavy atom. The van der Waals surface area contributed by atoms with Gasteiger partial charge in [0.1, 0.15) is 11.3 Å². The van der Waals surface area contributed by atoms with Gasteiger partial charge < -0.3 is 44.6 Å². The van der Waals surface area contributed by atoms with Crippen molar-refractivity contribution in [3.63, 3.8) is 0 Å². The van der Waals surface area contributed by atoms with Gasteiger partial charge in [0, 0.05) is 6.07 Å². The van der Waals surface area contributed by atoms with E-state index < -0.39 is 0 Å². The van der Waals surface area contributed by atoms with E-state index in [4.69, 9.17) is 44.6 Å². The van der Waals surface area contributed by atoms with E-state index in [0.717, 1.165) is 0 Å². The molecule has 20 heavy (non-hydrogen) atoms. The third kappa shape index (κ3) is 1.19. The lowest BCUT2D eigenvalue weighted by Gasteiger charge is -2.09. The van der Waals surface area contributed by atoms with Crippen molar-refractivity contribution >= 4 is 61.8 Å². The molecule has 0 spiro atoms. The van der Waals surface area contributed by atoms with E-state index in [-0.39, 0.29) is 34.1 Å². The summed E-state index contributed by atoms with van der Waals surface area (Å²) in [5.41, 5.74) is 43.6. The van der Waals surface area contributed by atoms with Crippen LogP contribution >= 0.6 is 0 Å². The minimum Gasteiger partial charge on any atom is -0.454 e. The van der Waals surface area contributed by atoms with Gasteiger partial charge in [0.2, 0.25) is 0 Å². The van der Waals surface area contributed by atoms with Crippen LogP contribution in [0.1, 0.15) is 0 Å². The molecule has 0 radical (unpaired) electrons. The first-order chi connectivity index (χ1) is 9.34. The maximum absolute atomic E-state index is 6.01. The quantitative estimate of drug-likeness (QED) is 0.290. The number of rotatable bonds is 0. The molecule has 0 atom stereocenters. The first kappa shape index (κ1) is 11.9. The van der Waals surface area contributed by atoms with Crippen LogP contribution in [0.5, 0.6) is 0 Å². The Bertz CT molecular complexity index is 881. The molecule has 104 valence electrons. The Morgan fingerprint density at radius 1 is 0.600 bits per heavy atom. The Labute approximate surface area is 113 Å². The average Bonchev–Trinajstić information content (AvgIpc) is 2.79. The number of nitrogen functional groups attached to an aromatic ring is 7. The number of fused-ring (bicyclic) bond motifs is 3. The highest BCUT2D eigenvalue weighted by molar-refractivity contribution is 6.25. The van der Waals surface area contributed by atoms with Crippen molar-refractivity contribution in [1.29, 1.82) is 0 Å². The minimum atomic E-state index is 0.175. The van der Waals surface area contributed by atoms with Crippen LogP contribution in [0.3, 0.4) is 0 Å². The molecule has 1 heterocycles. The van der Waals surface area contributed by atoms with Gasteiger partial charge in [-0.15, -0.1) is 0 Å². The van der Waals surface area contributed by atoms with E-state index in [0.29, 0.717) is 27.6 Å². The van der Waals surface area contributed by atoms with Gasteiger partial charge in [0.05, 0.1) is 44.9 Å². The topological polar surface area (TPSA) is 195 Å². The van der Waals surface area contributed by atoms with Crippen LogP contribution in [0, 0.1) is 0 Å². The third-order valence-electron chi connectivity index (χ3n) is 3.48. The van der Waals surface area contributed by atoms with E-state index in [9.17, 15) is 0 Å². The predicted octanol–water partition coefficient (Wildman–Crippen LogP) is 0.661. The molecule has 0 amide bonds. The summed E-state index contributed by atoms with van der Waals surface area (Å²) in [6, 6.07) is 1.56. The molecule has 1 aromatic heterocycles. The van der Waals surface area contributed by atoms with E-state index >= 15 is 0 Å². The van der Waals surface area contributed by atoms with Gasteiger partial charge in [-0.2, -0.15) is 0 Å². The summed E-state index contributed by atoms with van der Waals surface area (Å²) in [5, 5.41) is 1.02. The van der Waals surface area contributed by atoms with Crippen molar-refractivity contribution in [2.75, 3.05) is 40.1 Å².